The van der Waals surface area contributed by atoms with Gasteiger partial charge in [-0.3, -0.25) is 9.59 Å². The normalized spacial score (nSPS) is 10.5. The van der Waals surface area contributed by atoms with Gasteiger partial charge in [0.1, 0.15) is 18.2 Å². The number of nitrogens with one attached hydrogen (secondary N) is 2. The van der Waals surface area contributed by atoms with Crippen molar-refractivity contribution in [2.24, 2.45) is 0 Å². The lowest BCUT2D eigenvalue weighted by molar-refractivity contribution is -0.137. The lowest BCUT2D eigenvalue weighted by Gasteiger charge is -2.07. The van der Waals surface area contributed by atoms with E-state index in [2.05, 4.69) is 10.6 Å². The van der Waals surface area contributed by atoms with Crippen LogP contribution >= 0.6 is 0 Å². The number of hydrogen-bond acceptors (Lipinski definition) is 4. The van der Waals surface area contributed by atoms with Crippen molar-refractivity contribution in [2.75, 3.05) is 11.9 Å². The Balaban J connectivity index is 2.78. The van der Waals surface area contributed by atoms with E-state index in [0.29, 0.717) is 0 Å². The van der Waals surface area contributed by atoms with Crippen LogP contribution in [0.1, 0.15) is 12.5 Å². The van der Waals surface area contributed by atoms with Crippen LogP contribution in [0.2, 0.25) is 0 Å². The molecule has 0 saturated carbocycles. The molecule has 0 spiro atoms. The Kier molecular flexibility index (Phi) is 5.78. The highest BCUT2D eigenvalue weighted by Crippen LogP contribution is 2.15. The van der Waals surface area contributed by atoms with Gasteiger partial charge in [-0.05, 0) is 18.1 Å². The van der Waals surface area contributed by atoms with Gasteiger partial charge < -0.3 is 15.7 Å². The number of hydrogen-bond donors (Lipinski definition) is 3. The molecule has 6 heteroatoms. The van der Waals surface area contributed by atoms with E-state index in [1.54, 1.807) is 6.07 Å². The summed E-state index contributed by atoms with van der Waals surface area (Å²) in [6.07, 6.45) is 2.08. The lowest BCUT2D eigenvalue weighted by Crippen LogP contribution is -2.30. The molecule has 0 aliphatic heterocycles. The first-order valence-corrected chi connectivity index (χ1v) is 6.03. The highest BCUT2D eigenvalue weighted by molar-refractivity contribution is 5.98. The van der Waals surface area contributed by atoms with E-state index in [9.17, 15) is 9.59 Å². The summed E-state index contributed by atoms with van der Waals surface area (Å²) in [6, 6.07) is 9.24. The molecule has 0 aliphatic carbocycles. The molecule has 0 aliphatic rings. The van der Waals surface area contributed by atoms with Crippen molar-refractivity contribution >= 4 is 17.6 Å². The van der Waals surface area contributed by atoms with Gasteiger partial charge in [-0.1, -0.05) is 25.1 Å². The Morgan fingerprint density at radius 1 is 1.40 bits per heavy atom. The van der Waals surface area contributed by atoms with E-state index in [0.717, 1.165) is 17.7 Å². The second-order valence-electron chi connectivity index (χ2n) is 3.90. The number of aliphatic carboxylic acids is 1. The highest BCUT2D eigenvalue weighted by atomic mass is 16.4. The molecule has 1 aromatic carbocycles. The minimum atomic E-state index is -1.17. The molecule has 0 bridgehead atoms. The van der Waals surface area contributed by atoms with Crippen LogP contribution in [0.5, 0.6) is 0 Å². The summed E-state index contributed by atoms with van der Waals surface area (Å²) in [5.41, 5.74) is 1.66. The third-order valence-corrected chi connectivity index (χ3v) is 2.54. The number of carbonyl (C=O) groups excluding carboxylic acids is 1. The van der Waals surface area contributed by atoms with Gasteiger partial charge in [-0.25, -0.2) is 0 Å². The first-order valence-electron chi connectivity index (χ1n) is 6.03. The maximum Gasteiger partial charge on any atom is 0.322 e. The number of para-hydroxylation sites is 1. The van der Waals surface area contributed by atoms with Crippen molar-refractivity contribution in [1.29, 1.82) is 5.26 Å². The topological polar surface area (TPSA) is 102 Å². The number of anilines is 1. The van der Waals surface area contributed by atoms with Gasteiger partial charge in [0.2, 0.25) is 0 Å². The molecule has 1 aromatic rings. The van der Waals surface area contributed by atoms with E-state index >= 15 is 0 Å². The summed E-state index contributed by atoms with van der Waals surface area (Å²) < 4.78 is 0. The Morgan fingerprint density at radius 2 is 2.10 bits per heavy atom. The number of nitrogens with zero attached hydrogens (tertiary/aromatic N) is 1. The largest absolute Gasteiger partial charge is 0.480 e. The fourth-order valence-corrected chi connectivity index (χ4v) is 1.52. The number of amides is 1. The molecule has 20 heavy (non-hydrogen) atoms. The van der Waals surface area contributed by atoms with Gasteiger partial charge in [-0.15, -0.1) is 0 Å². The first kappa shape index (κ1) is 15.2. The zero-order valence-electron chi connectivity index (χ0n) is 11.0. The third kappa shape index (κ3) is 4.46. The predicted octanol–water partition coefficient (Wildman–Crippen LogP) is 1.27. The van der Waals surface area contributed by atoms with E-state index < -0.39 is 18.4 Å². The smallest absolute Gasteiger partial charge is 0.322 e. The van der Waals surface area contributed by atoms with Crippen LogP contribution in [-0.2, 0) is 16.0 Å². The average molecular weight is 273 g/mol. The third-order valence-electron chi connectivity index (χ3n) is 2.54. The van der Waals surface area contributed by atoms with Gasteiger partial charge in [-0.2, -0.15) is 5.26 Å². The number of carboxylic acids is 1. The van der Waals surface area contributed by atoms with E-state index in [4.69, 9.17) is 10.4 Å². The molecule has 0 radical (unpaired) electrons. The minimum absolute atomic E-state index is 0.183. The second-order valence-corrected chi connectivity index (χ2v) is 3.90. The van der Waals surface area contributed by atoms with E-state index in [-0.39, 0.29) is 5.57 Å². The summed E-state index contributed by atoms with van der Waals surface area (Å²) in [5, 5.41) is 22.4. The van der Waals surface area contributed by atoms with Gasteiger partial charge in [0, 0.05) is 11.9 Å². The number of carboxylic acid groups (broad SMARTS) is 1. The molecule has 3 N–H and O–H groups in total. The quantitative estimate of drug-likeness (QED) is 0.535. The van der Waals surface area contributed by atoms with Crippen LogP contribution in [0, 0.1) is 11.3 Å². The molecule has 0 aromatic heterocycles. The van der Waals surface area contributed by atoms with E-state index in [1.807, 2.05) is 31.2 Å². The van der Waals surface area contributed by atoms with Gasteiger partial charge >= 0.3 is 5.97 Å². The van der Waals surface area contributed by atoms with Crippen LogP contribution in [0.25, 0.3) is 0 Å². The average Bonchev–Trinajstić information content (AvgIpc) is 2.46. The predicted molar refractivity (Wildman–Crippen MR) is 73.8 cm³/mol. The summed E-state index contributed by atoms with van der Waals surface area (Å²) in [6.45, 7) is 1.47. The molecular weight excluding hydrogens is 258 g/mol. The molecule has 0 heterocycles. The molecule has 0 unspecified atom stereocenters. The molecule has 0 saturated heterocycles. The molecular formula is C14H15N3O3. The summed E-state index contributed by atoms with van der Waals surface area (Å²) >= 11 is 0. The molecule has 104 valence electrons. The number of nitriles is 1. The Bertz CT molecular complexity index is 573. The van der Waals surface area contributed by atoms with Crippen LogP contribution in [-0.4, -0.2) is 23.5 Å². The number of rotatable bonds is 6. The van der Waals surface area contributed by atoms with Crippen molar-refractivity contribution in [3.63, 3.8) is 0 Å². The van der Waals surface area contributed by atoms with Gasteiger partial charge in [0.15, 0.2) is 0 Å². The van der Waals surface area contributed by atoms with E-state index in [1.165, 1.54) is 6.20 Å². The van der Waals surface area contributed by atoms with Crippen molar-refractivity contribution in [2.45, 2.75) is 13.3 Å². The van der Waals surface area contributed by atoms with Gasteiger partial charge in [0.25, 0.3) is 5.91 Å². The SMILES string of the molecule is CCc1ccccc1N/C=C(/C#N)C(=O)NCC(=O)O. The standard InChI is InChI=1S/C14H15N3O3/c1-2-10-5-3-4-6-12(10)16-8-11(7-15)14(20)17-9-13(18)19/h3-6,8,16H,2,9H2,1H3,(H,17,20)(H,18,19)/b11-8-. The van der Waals surface area contributed by atoms with Crippen LogP contribution in [0.3, 0.4) is 0 Å². The van der Waals surface area contributed by atoms with Crippen LogP contribution in [0.15, 0.2) is 36.0 Å². The van der Waals surface area contributed by atoms with Crippen molar-refractivity contribution in [3.8, 4) is 6.07 Å². The molecule has 1 rings (SSSR count). The summed E-state index contributed by atoms with van der Waals surface area (Å²) in [4.78, 5) is 21.9. The Morgan fingerprint density at radius 3 is 2.70 bits per heavy atom. The summed E-state index contributed by atoms with van der Waals surface area (Å²) in [5.74, 6) is -1.89. The van der Waals surface area contributed by atoms with Crippen LogP contribution < -0.4 is 10.6 Å². The number of carbonyl (C=O) groups is 2. The second kappa shape index (κ2) is 7.59. The highest BCUT2D eigenvalue weighted by Gasteiger charge is 2.10. The fraction of sp³-hybridized carbons (Fsp3) is 0.214. The zero-order chi connectivity index (χ0) is 15.0. The van der Waals surface area contributed by atoms with Gasteiger partial charge in [0.05, 0.1) is 0 Å². The molecule has 1 amide bonds. The van der Waals surface area contributed by atoms with Crippen molar-refractivity contribution in [3.05, 3.63) is 41.6 Å². The zero-order valence-corrected chi connectivity index (χ0v) is 11.0. The molecule has 0 fully saturated rings. The maximum absolute atomic E-state index is 11.5. The Hall–Kier alpha value is -2.81. The monoisotopic (exact) mass is 273 g/mol. The van der Waals surface area contributed by atoms with Crippen molar-refractivity contribution in [1.82, 2.24) is 5.32 Å². The Labute approximate surface area is 116 Å². The maximum atomic E-state index is 11.5. The van der Waals surface area contributed by atoms with Crippen LogP contribution in [0.4, 0.5) is 5.69 Å². The lowest BCUT2D eigenvalue weighted by atomic mass is 10.1. The fourth-order valence-electron chi connectivity index (χ4n) is 1.52. The molecule has 0 atom stereocenters. The molecule has 6 nitrogen and oxygen atoms in total. The van der Waals surface area contributed by atoms with Crippen molar-refractivity contribution < 1.29 is 14.7 Å². The number of benzene rings is 1. The minimum Gasteiger partial charge on any atom is -0.480 e. The number of aryl methyl sites for hydroxylation is 1. The first-order chi connectivity index (χ1) is 9.58. The summed E-state index contributed by atoms with van der Waals surface area (Å²) in [7, 11) is 0.